The summed E-state index contributed by atoms with van der Waals surface area (Å²) >= 11 is 0. The number of hydrogen-bond acceptors (Lipinski definition) is 4. The van der Waals surface area contributed by atoms with E-state index in [1.165, 1.54) is 0 Å². The number of amides is 1. The van der Waals surface area contributed by atoms with Gasteiger partial charge in [-0.05, 0) is 19.4 Å². The number of hydrogen-bond donors (Lipinski definition) is 0. The molecule has 1 saturated heterocycles. The Morgan fingerprint density at radius 1 is 1.50 bits per heavy atom. The monoisotopic (exact) mass is 301 g/mol. The second kappa shape index (κ2) is 6.48. The van der Waals surface area contributed by atoms with Crippen molar-refractivity contribution in [2.24, 2.45) is 5.92 Å². The van der Waals surface area contributed by atoms with Crippen molar-refractivity contribution in [3.05, 3.63) is 36.0 Å². The topological polar surface area (TPSA) is 45.7 Å². The number of fused-ring (bicyclic) bond motifs is 1. The Bertz CT molecular complexity index is 567. The standard InChI is InChI=1S/C17H23N3O2/c1-3-7-19-8-9-20(17(21)15-6-10-22-12-15)11-14-5-4-13(2)18-16(14)19/h3-5,15H,1,6-12H2,2H3. The third kappa shape index (κ3) is 2.99. The van der Waals surface area contributed by atoms with E-state index in [1.54, 1.807) is 0 Å². The zero-order valence-corrected chi connectivity index (χ0v) is 13.1. The van der Waals surface area contributed by atoms with Crippen LogP contribution in [-0.2, 0) is 16.1 Å². The molecule has 0 saturated carbocycles. The van der Waals surface area contributed by atoms with Crippen LogP contribution in [0.5, 0.6) is 0 Å². The summed E-state index contributed by atoms with van der Waals surface area (Å²) in [5.74, 6) is 1.22. The number of nitrogens with zero attached hydrogens (tertiary/aromatic N) is 3. The van der Waals surface area contributed by atoms with E-state index in [4.69, 9.17) is 4.74 Å². The van der Waals surface area contributed by atoms with Gasteiger partial charge < -0.3 is 14.5 Å². The van der Waals surface area contributed by atoms with E-state index in [1.807, 2.05) is 24.0 Å². The fourth-order valence-electron chi connectivity index (χ4n) is 3.11. The first-order valence-electron chi connectivity index (χ1n) is 7.88. The van der Waals surface area contributed by atoms with Crippen LogP contribution in [0.3, 0.4) is 0 Å². The minimum Gasteiger partial charge on any atom is -0.381 e. The first-order valence-corrected chi connectivity index (χ1v) is 7.88. The number of aromatic nitrogens is 1. The molecule has 1 atom stereocenters. The van der Waals surface area contributed by atoms with Crippen LogP contribution in [-0.4, -0.2) is 48.6 Å². The highest BCUT2D eigenvalue weighted by molar-refractivity contribution is 5.79. The van der Waals surface area contributed by atoms with E-state index < -0.39 is 0 Å². The van der Waals surface area contributed by atoms with Crippen LogP contribution in [0.25, 0.3) is 0 Å². The van der Waals surface area contributed by atoms with Gasteiger partial charge >= 0.3 is 0 Å². The lowest BCUT2D eigenvalue weighted by Crippen LogP contribution is -2.39. The van der Waals surface area contributed by atoms with Gasteiger partial charge in [-0.25, -0.2) is 4.98 Å². The minimum absolute atomic E-state index is 0.0211. The lowest BCUT2D eigenvalue weighted by molar-refractivity contribution is -0.135. The molecule has 0 bridgehead atoms. The van der Waals surface area contributed by atoms with Crippen LogP contribution >= 0.6 is 0 Å². The minimum atomic E-state index is 0.0211. The Kier molecular flexibility index (Phi) is 4.43. The molecule has 5 nitrogen and oxygen atoms in total. The highest BCUT2D eigenvalue weighted by Gasteiger charge is 2.30. The van der Waals surface area contributed by atoms with Gasteiger partial charge in [-0.15, -0.1) is 6.58 Å². The molecule has 3 rings (SSSR count). The third-order valence-electron chi connectivity index (χ3n) is 4.34. The Balaban J connectivity index is 1.85. The molecule has 0 N–H and O–H groups in total. The lowest BCUT2D eigenvalue weighted by Gasteiger charge is -2.24. The van der Waals surface area contributed by atoms with Crippen molar-refractivity contribution in [1.29, 1.82) is 0 Å². The van der Waals surface area contributed by atoms with Crippen molar-refractivity contribution in [2.45, 2.75) is 19.9 Å². The first kappa shape index (κ1) is 15.0. The highest BCUT2D eigenvalue weighted by Crippen LogP contribution is 2.25. The van der Waals surface area contributed by atoms with Crippen molar-refractivity contribution < 1.29 is 9.53 Å². The zero-order chi connectivity index (χ0) is 15.5. The largest absolute Gasteiger partial charge is 0.381 e. The quantitative estimate of drug-likeness (QED) is 0.798. The molecule has 2 aliphatic rings. The van der Waals surface area contributed by atoms with Crippen LogP contribution in [0.1, 0.15) is 17.7 Å². The van der Waals surface area contributed by atoms with Gasteiger partial charge in [0.2, 0.25) is 5.91 Å². The molecule has 0 aromatic carbocycles. The Morgan fingerprint density at radius 3 is 3.09 bits per heavy atom. The van der Waals surface area contributed by atoms with E-state index in [0.717, 1.165) is 43.1 Å². The summed E-state index contributed by atoms with van der Waals surface area (Å²) in [6.07, 6.45) is 2.72. The van der Waals surface area contributed by atoms with Gasteiger partial charge in [0.05, 0.1) is 12.5 Å². The molecule has 3 heterocycles. The molecule has 0 radical (unpaired) electrons. The van der Waals surface area contributed by atoms with Crippen LogP contribution in [0.4, 0.5) is 5.82 Å². The maximum absolute atomic E-state index is 12.7. The zero-order valence-electron chi connectivity index (χ0n) is 13.1. The average Bonchev–Trinajstić information content (AvgIpc) is 2.99. The predicted octanol–water partition coefficient (Wildman–Crippen LogP) is 1.76. The summed E-state index contributed by atoms with van der Waals surface area (Å²) in [5, 5.41) is 0. The van der Waals surface area contributed by atoms with Crippen molar-refractivity contribution in [1.82, 2.24) is 9.88 Å². The molecular weight excluding hydrogens is 278 g/mol. The van der Waals surface area contributed by atoms with Gasteiger partial charge in [0.15, 0.2) is 0 Å². The molecule has 5 heteroatoms. The Hall–Kier alpha value is -1.88. The molecule has 118 valence electrons. The van der Waals surface area contributed by atoms with Gasteiger partial charge in [0.25, 0.3) is 0 Å². The maximum atomic E-state index is 12.7. The number of ether oxygens (including phenoxy) is 1. The van der Waals surface area contributed by atoms with Crippen molar-refractivity contribution >= 4 is 11.7 Å². The molecule has 1 unspecified atom stereocenters. The third-order valence-corrected chi connectivity index (χ3v) is 4.34. The molecular formula is C17H23N3O2. The molecule has 1 aromatic heterocycles. The van der Waals surface area contributed by atoms with Gasteiger partial charge in [-0.2, -0.15) is 0 Å². The Morgan fingerprint density at radius 2 is 2.36 bits per heavy atom. The molecule has 0 aliphatic carbocycles. The highest BCUT2D eigenvalue weighted by atomic mass is 16.5. The number of pyridine rings is 1. The summed E-state index contributed by atoms with van der Waals surface area (Å²) in [6, 6.07) is 4.10. The molecule has 1 aromatic rings. The molecule has 22 heavy (non-hydrogen) atoms. The van der Waals surface area contributed by atoms with E-state index in [9.17, 15) is 4.79 Å². The van der Waals surface area contributed by atoms with Gasteiger partial charge in [0.1, 0.15) is 5.82 Å². The van der Waals surface area contributed by atoms with E-state index in [2.05, 4.69) is 22.5 Å². The van der Waals surface area contributed by atoms with Gasteiger partial charge in [-0.3, -0.25) is 4.79 Å². The average molecular weight is 301 g/mol. The second-order valence-electron chi connectivity index (χ2n) is 5.99. The molecule has 1 fully saturated rings. The molecule has 2 aliphatic heterocycles. The summed E-state index contributed by atoms with van der Waals surface area (Å²) in [4.78, 5) is 21.5. The predicted molar refractivity (Wildman–Crippen MR) is 85.7 cm³/mol. The molecule has 0 spiro atoms. The van der Waals surface area contributed by atoms with Crippen LogP contribution in [0.2, 0.25) is 0 Å². The van der Waals surface area contributed by atoms with Crippen LogP contribution in [0, 0.1) is 12.8 Å². The van der Waals surface area contributed by atoms with Crippen molar-refractivity contribution in [3.63, 3.8) is 0 Å². The smallest absolute Gasteiger partial charge is 0.228 e. The van der Waals surface area contributed by atoms with E-state index in [0.29, 0.717) is 19.8 Å². The summed E-state index contributed by atoms with van der Waals surface area (Å²) in [6.45, 7) is 9.97. The maximum Gasteiger partial charge on any atom is 0.228 e. The lowest BCUT2D eigenvalue weighted by atomic mass is 10.1. The van der Waals surface area contributed by atoms with Crippen LogP contribution in [0.15, 0.2) is 24.8 Å². The number of aryl methyl sites for hydroxylation is 1. The second-order valence-corrected chi connectivity index (χ2v) is 5.99. The van der Waals surface area contributed by atoms with Crippen molar-refractivity contribution in [3.8, 4) is 0 Å². The van der Waals surface area contributed by atoms with Crippen molar-refractivity contribution in [2.75, 3.05) is 37.7 Å². The fourth-order valence-corrected chi connectivity index (χ4v) is 3.11. The number of carbonyl (C=O) groups excluding carboxylic acids is 1. The summed E-state index contributed by atoms with van der Waals surface area (Å²) < 4.78 is 5.36. The van der Waals surface area contributed by atoms with Gasteiger partial charge in [-0.1, -0.05) is 12.1 Å². The first-order chi connectivity index (χ1) is 10.7. The summed E-state index contributed by atoms with van der Waals surface area (Å²) in [5.41, 5.74) is 2.11. The van der Waals surface area contributed by atoms with E-state index in [-0.39, 0.29) is 11.8 Å². The van der Waals surface area contributed by atoms with Crippen LogP contribution < -0.4 is 4.90 Å². The fraction of sp³-hybridized carbons (Fsp3) is 0.529. The van der Waals surface area contributed by atoms with E-state index >= 15 is 0 Å². The summed E-state index contributed by atoms with van der Waals surface area (Å²) in [7, 11) is 0. The Labute approximate surface area is 131 Å². The number of carbonyl (C=O) groups is 1. The number of anilines is 1. The normalized spacial score (nSPS) is 21.4. The SMILES string of the molecule is C=CCN1CCN(C(=O)C2CCOC2)Cc2ccc(C)nc21. The molecule has 1 amide bonds. The van der Waals surface area contributed by atoms with Gasteiger partial charge in [0, 0.05) is 44.0 Å². The number of rotatable bonds is 3.